The second-order valence-corrected chi connectivity index (χ2v) is 10.4. The van der Waals surface area contributed by atoms with Crippen LogP contribution in [-0.2, 0) is 25.7 Å². The SMILES string of the molecule is NC1(C(=O)N[C@H](COCc2ccccc2)C(=O)N2CCC(n3c(=O)[nH]c4ccccc43)CC2)CC1.O=C(O)C(F)(F)F. The number of ether oxygens (including phenoxy) is 1. The smallest absolute Gasteiger partial charge is 0.475 e. The van der Waals surface area contributed by atoms with Crippen LogP contribution in [0.3, 0.4) is 0 Å². The Bertz CT molecular complexity index is 1460. The second kappa shape index (κ2) is 12.8. The number of fused-ring (bicyclic) bond motifs is 1. The van der Waals surface area contributed by atoms with Gasteiger partial charge in [0.15, 0.2) is 0 Å². The van der Waals surface area contributed by atoms with E-state index < -0.39 is 23.7 Å². The van der Waals surface area contributed by atoms with Crippen LogP contribution >= 0.6 is 0 Å². The molecular formula is C28H32F3N5O6. The number of nitrogens with two attached hydrogens (primary N) is 1. The standard InChI is InChI=1S/C26H31N5O4.C2HF3O2/c27-26(12-13-26)24(33)28-21(17-35-16-18-6-2-1-3-7-18)23(32)30-14-10-19(11-15-30)31-22-9-5-4-8-20(22)29-25(31)34;3-2(4,5)1(6)7/h1-9,19,21H,10-17,27H2,(H,28,33)(H,29,34);(H,6,7)/t21-;/m1./s1. The number of likely N-dealkylation sites (tertiary alicyclic amines) is 1. The first kappa shape index (κ1) is 30.8. The van der Waals surface area contributed by atoms with E-state index in [0.717, 1.165) is 16.6 Å². The molecule has 5 rings (SSSR count). The Hall–Kier alpha value is -4.17. The zero-order chi connectivity index (χ0) is 30.5. The van der Waals surface area contributed by atoms with Gasteiger partial charge in [0.2, 0.25) is 11.8 Å². The minimum atomic E-state index is -5.08. The number of carboxylic acids is 1. The van der Waals surface area contributed by atoms with Crippen molar-refractivity contribution < 1.29 is 37.4 Å². The molecule has 1 saturated heterocycles. The van der Waals surface area contributed by atoms with Gasteiger partial charge in [-0.2, -0.15) is 13.2 Å². The molecule has 1 saturated carbocycles. The van der Waals surface area contributed by atoms with Crippen molar-refractivity contribution in [3.8, 4) is 0 Å². The van der Waals surface area contributed by atoms with E-state index in [-0.39, 0.29) is 30.2 Å². The van der Waals surface area contributed by atoms with Gasteiger partial charge in [-0.15, -0.1) is 0 Å². The van der Waals surface area contributed by atoms with E-state index in [0.29, 0.717) is 45.4 Å². The summed E-state index contributed by atoms with van der Waals surface area (Å²) in [5, 5.41) is 9.96. The first-order valence-electron chi connectivity index (χ1n) is 13.4. The summed E-state index contributed by atoms with van der Waals surface area (Å²) in [4.78, 5) is 52.2. The molecule has 2 aromatic carbocycles. The van der Waals surface area contributed by atoms with E-state index in [1.165, 1.54) is 0 Å². The molecule has 1 atom stereocenters. The molecule has 0 unspecified atom stereocenters. The zero-order valence-electron chi connectivity index (χ0n) is 22.6. The lowest BCUT2D eigenvalue weighted by molar-refractivity contribution is -0.192. The number of halogens is 3. The molecule has 0 radical (unpaired) electrons. The molecule has 0 spiro atoms. The second-order valence-electron chi connectivity index (χ2n) is 10.4. The van der Waals surface area contributed by atoms with E-state index in [9.17, 15) is 27.6 Å². The third-order valence-electron chi connectivity index (χ3n) is 7.25. The summed E-state index contributed by atoms with van der Waals surface area (Å²) in [7, 11) is 0. The predicted octanol–water partition coefficient (Wildman–Crippen LogP) is 2.32. The van der Waals surface area contributed by atoms with Gasteiger partial charge in [0.05, 0.1) is 29.8 Å². The summed E-state index contributed by atoms with van der Waals surface area (Å²) in [5.41, 5.74) is 7.73. The number of amides is 2. The number of alkyl halides is 3. The number of rotatable bonds is 8. The fraction of sp³-hybridized carbons (Fsp3) is 0.429. The lowest BCUT2D eigenvalue weighted by Gasteiger charge is -2.35. The number of para-hydroxylation sites is 2. The van der Waals surface area contributed by atoms with E-state index in [1.807, 2.05) is 54.6 Å². The number of aromatic nitrogens is 2. The molecule has 226 valence electrons. The monoisotopic (exact) mass is 591 g/mol. The number of imidazole rings is 1. The molecule has 1 aliphatic heterocycles. The Morgan fingerprint density at radius 3 is 2.26 bits per heavy atom. The average Bonchev–Trinajstić information content (AvgIpc) is 3.63. The summed E-state index contributed by atoms with van der Waals surface area (Å²) in [5.74, 6) is -3.24. The van der Waals surface area contributed by atoms with Gasteiger partial charge in [-0.1, -0.05) is 42.5 Å². The molecule has 2 aliphatic rings. The number of aromatic amines is 1. The maximum Gasteiger partial charge on any atom is 0.490 e. The summed E-state index contributed by atoms with van der Waals surface area (Å²) >= 11 is 0. The van der Waals surface area contributed by atoms with Gasteiger partial charge in [0.25, 0.3) is 0 Å². The number of carbonyl (C=O) groups excluding carboxylic acids is 2. The molecule has 42 heavy (non-hydrogen) atoms. The highest BCUT2D eigenvalue weighted by Gasteiger charge is 2.47. The fourth-order valence-electron chi connectivity index (χ4n) is 4.71. The number of benzene rings is 2. The van der Waals surface area contributed by atoms with Crippen molar-refractivity contribution in [2.45, 2.75) is 56.1 Å². The van der Waals surface area contributed by atoms with Gasteiger partial charge in [-0.25, -0.2) is 9.59 Å². The van der Waals surface area contributed by atoms with Crippen LogP contribution in [-0.4, -0.2) is 74.8 Å². The van der Waals surface area contributed by atoms with Crippen molar-refractivity contribution in [3.05, 3.63) is 70.6 Å². The number of nitrogens with one attached hydrogen (secondary N) is 2. The van der Waals surface area contributed by atoms with Crippen LogP contribution in [0.4, 0.5) is 13.2 Å². The number of aliphatic carboxylic acids is 1. The summed E-state index contributed by atoms with van der Waals surface area (Å²) in [6.45, 7) is 1.40. The maximum absolute atomic E-state index is 13.4. The average molecular weight is 592 g/mol. The van der Waals surface area contributed by atoms with Crippen LogP contribution in [0.15, 0.2) is 59.4 Å². The van der Waals surface area contributed by atoms with E-state index in [2.05, 4.69) is 10.3 Å². The number of piperidine rings is 1. The van der Waals surface area contributed by atoms with Crippen LogP contribution in [0.1, 0.15) is 37.3 Å². The zero-order valence-corrected chi connectivity index (χ0v) is 22.6. The van der Waals surface area contributed by atoms with Crippen LogP contribution in [0.25, 0.3) is 11.0 Å². The van der Waals surface area contributed by atoms with Crippen LogP contribution in [0.5, 0.6) is 0 Å². The molecule has 1 aromatic heterocycles. The quantitative estimate of drug-likeness (QED) is 0.313. The third kappa shape index (κ3) is 7.56. The Balaban J connectivity index is 0.000000517. The van der Waals surface area contributed by atoms with E-state index in [4.69, 9.17) is 20.4 Å². The molecule has 2 heterocycles. The van der Waals surface area contributed by atoms with Crippen molar-refractivity contribution >= 4 is 28.8 Å². The largest absolute Gasteiger partial charge is 0.490 e. The number of nitrogens with zero attached hydrogens (tertiary/aromatic N) is 2. The highest BCUT2D eigenvalue weighted by atomic mass is 19.4. The normalized spacial score (nSPS) is 17.2. The molecule has 2 amide bonds. The number of carboxylic acid groups (broad SMARTS) is 1. The number of hydrogen-bond acceptors (Lipinski definition) is 6. The number of hydrogen-bond donors (Lipinski definition) is 4. The van der Waals surface area contributed by atoms with Gasteiger partial charge in [-0.3, -0.25) is 14.2 Å². The van der Waals surface area contributed by atoms with Gasteiger partial charge in [0, 0.05) is 19.1 Å². The molecule has 14 heteroatoms. The molecule has 5 N–H and O–H groups in total. The van der Waals surface area contributed by atoms with Crippen LogP contribution in [0.2, 0.25) is 0 Å². The molecule has 0 bridgehead atoms. The third-order valence-corrected chi connectivity index (χ3v) is 7.25. The van der Waals surface area contributed by atoms with Gasteiger partial charge in [0.1, 0.15) is 6.04 Å². The first-order chi connectivity index (χ1) is 19.9. The highest BCUT2D eigenvalue weighted by molar-refractivity contribution is 5.93. The Morgan fingerprint density at radius 2 is 1.67 bits per heavy atom. The van der Waals surface area contributed by atoms with Crippen molar-refractivity contribution in [3.63, 3.8) is 0 Å². The van der Waals surface area contributed by atoms with Gasteiger partial charge < -0.3 is 30.8 Å². The molecule has 3 aromatic rings. The Kier molecular flexibility index (Phi) is 9.36. The highest BCUT2D eigenvalue weighted by Crippen LogP contribution is 2.32. The fourth-order valence-corrected chi connectivity index (χ4v) is 4.71. The molecule has 2 fully saturated rings. The maximum atomic E-state index is 13.4. The minimum Gasteiger partial charge on any atom is -0.475 e. The van der Waals surface area contributed by atoms with Gasteiger partial charge in [-0.05, 0) is 43.4 Å². The minimum absolute atomic E-state index is 0.00356. The molecule has 1 aliphatic carbocycles. The van der Waals surface area contributed by atoms with Crippen molar-refractivity contribution in [2.75, 3.05) is 19.7 Å². The predicted molar refractivity (Wildman–Crippen MR) is 145 cm³/mol. The summed E-state index contributed by atoms with van der Waals surface area (Å²) < 4.78 is 39.4. The summed E-state index contributed by atoms with van der Waals surface area (Å²) in [6.07, 6.45) is -2.54. The summed E-state index contributed by atoms with van der Waals surface area (Å²) in [6, 6.07) is 16.5. The van der Waals surface area contributed by atoms with Gasteiger partial charge >= 0.3 is 17.8 Å². The van der Waals surface area contributed by atoms with Crippen LogP contribution in [0, 0.1) is 0 Å². The first-order valence-corrected chi connectivity index (χ1v) is 13.4. The lowest BCUT2D eigenvalue weighted by atomic mass is 10.0. The lowest BCUT2D eigenvalue weighted by Crippen LogP contribution is -2.56. The molecule has 11 nitrogen and oxygen atoms in total. The van der Waals surface area contributed by atoms with Crippen molar-refractivity contribution in [2.24, 2.45) is 5.73 Å². The number of H-pyrrole nitrogens is 1. The van der Waals surface area contributed by atoms with Crippen molar-refractivity contribution in [1.82, 2.24) is 19.8 Å². The molecular weight excluding hydrogens is 559 g/mol. The topological polar surface area (TPSA) is 160 Å². The van der Waals surface area contributed by atoms with Crippen molar-refractivity contribution in [1.29, 1.82) is 0 Å². The Morgan fingerprint density at radius 1 is 1.07 bits per heavy atom. The van der Waals surface area contributed by atoms with Crippen LogP contribution < -0.4 is 16.7 Å². The van der Waals surface area contributed by atoms with E-state index >= 15 is 0 Å². The van der Waals surface area contributed by atoms with E-state index in [1.54, 1.807) is 9.47 Å². The number of carbonyl (C=O) groups is 3. The Labute approximate surface area is 238 Å².